The average Bonchev–Trinajstić information content (AvgIpc) is 2.09. The number of rotatable bonds is 4. The lowest BCUT2D eigenvalue weighted by Gasteiger charge is -2.12. The van der Waals surface area contributed by atoms with Gasteiger partial charge >= 0.3 is 0 Å². The molecule has 0 N–H and O–H groups in total. The smallest absolute Gasteiger partial charge is 0.0960 e. The highest BCUT2D eigenvalue weighted by atomic mass is 16.5. The van der Waals surface area contributed by atoms with E-state index in [2.05, 4.69) is 26.0 Å². The van der Waals surface area contributed by atoms with E-state index in [4.69, 9.17) is 4.74 Å². The molecule has 1 rings (SSSR count). The zero-order valence-corrected chi connectivity index (χ0v) is 8.10. The van der Waals surface area contributed by atoms with Gasteiger partial charge in [-0.2, -0.15) is 0 Å². The fourth-order valence-electron chi connectivity index (χ4n) is 1.18. The highest BCUT2D eigenvalue weighted by molar-refractivity contribution is 5.16. The van der Waals surface area contributed by atoms with Crippen LogP contribution in [0.15, 0.2) is 23.5 Å². The van der Waals surface area contributed by atoms with E-state index < -0.39 is 0 Å². The molecule has 0 saturated carbocycles. The Hall–Kier alpha value is -0.720. The van der Waals surface area contributed by atoms with E-state index in [1.165, 1.54) is 18.4 Å². The summed E-state index contributed by atoms with van der Waals surface area (Å²) in [5.74, 6) is 1.16. The Morgan fingerprint density at radius 3 is 2.75 bits per heavy atom. The lowest BCUT2D eigenvalue weighted by atomic mass is 10.1. The van der Waals surface area contributed by atoms with Gasteiger partial charge in [0.1, 0.15) is 0 Å². The molecule has 0 aromatic rings. The quantitative estimate of drug-likeness (QED) is 0.459. The summed E-state index contributed by atoms with van der Waals surface area (Å²) >= 11 is 0. The molecule has 0 atom stereocenters. The summed E-state index contributed by atoms with van der Waals surface area (Å²) < 4.78 is 5.59. The fraction of sp³-hybridized carbons (Fsp3) is 0.636. The minimum Gasteiger partial charge on any atom is -0.498 e. The zero-order valence-electron chi connectivity index (χ0n) is 8.10. The summed E-state index contributed by atoms with van der Waals surface area (Å²) in [6, 6.07) is 0. The van der Waals surface area contributed by atoms with Gasteiger partial charge in [-0.1, -0.05) is 25.0 Å². The van der Waals surface area contributed by atoms with Crippen molar-refractivity contribution in [2.24, 2.45) is 0 Å². The number of hydrogen-bond donors (Lipinski definition) is 0. The van der Waals surface area contributed by atoms with Crippen molar-refractivity contribution in [2.75, 3.05) is 6.61 Å². The summed E-state index contributed by atoms with van der Waals surface area (Å²) in [7, 11) is 0. The molecule has 0 bridgehead atoms. The second kappa shape index (κ2) is 5.02. The van der Waals surface area contributed by atoms with Crippen LogP contribution >= 0.6 is 0 Å². The third-order valence-electron chi connectivity index (χ3n) is 2.09. The summed E-state index contributed by atoms with van der Waals surface area (Å²) in [5.41, 5.74) is 1.46. The van der Waals surface area contributed by atoms with E-state index in [0.717, 1.165) is 25.2 Å². The van der Waals surface area contributed by atoms with Crippen molar-refractivity contribution in [3.05, 3.63) is 23.5 Å². The first-order chi connectivity index (χ1) is 5.83. The normalized spacial score (nSPS) is 16.8. The Labute approximate surface area is 75.1 Å². The fourth-order valence-corrected chi connectivity index (χ4v) is 1.18. The van der Waals surface area contributed by atoms with E-state index in [1.807, 2.05) is 0 Å². The van der Waals surface area contributed by atoms with Gasteiger partial charge in [-0.25, -0.2) is 0 Å². The van der Waals surface area contributed by atoms with Crippen LogP contribution in [0.5, 0.6) is 0 Å². The molecule has 12 heavy (non-hydrogen) atoms. The molecule has 0 aliphatic heterocycles. The Morgan fingerprint density at radius 1 is 1.33 bits per heavy atom. The van der Waals surface area contributed by atoms with Crippen molar-refractivity contribution < 1.29 is 4.74 Å². The maximum absolute atomic E-state index is 5.59. The van der Waals surface area contributed by atoms with Crippen molar-refractivity contribution in [1.29, 1.82) is 0 Å². The van der Waals surface area contributed by atoms with Crippen LogP contribution in [0.2, 0.25) is 0 Å². The molecule has 0 heterocycles. The first kappa shape index (κ1) is 9.37. The first-order valence-electron chi connectivity index (χ1n) is 4.80. The third-order valence-corrected chi connectivity index (χ3v) is 2.09. The largest absolute Gasteiger partial charge is 0.498 e. The van der Waals surface area contributed by atoms with Crippen molar-refractivity contribution in [1.82, 2.24) is 0 Å². The minimum atomic E-state index is 0.884. The van der Waals surface area contributed by atoms with Crippen LogP contribution in [-0.4, -0.2) is 6.61 Å². The van der Waals surface area contributed by atoms with Crippen LogP contribution in [-0.2, 0) is 4.74 Å². The molecule has 0 aromatic carbocycles. The highest BCUT2D eigenvalue weighted by Gasteiger charge is 2.01. The standard InChI is InChI=1S/C11H18O/c1-3-4-9-12-11-7-5-10(2)6-8-11/h5,8H,3-4,6-7,9H2,1-2H3. The summed E-state index contributed by atoms with van der Waals surface area (Å²) in [6.07, 6.45) is 8.89. The summed E-state index contributed by atoms with van der Waals surface area (Å²) in [4.78, 5) is 0. The van der Waals surface area contributed by atoms with E-state index in [9.17, 15) is 0 Å². The van der Waals surface area contributed by atoms with E-state index >= 15 is 0 Å². The van der Waals surface area contributed by atoms with Gasteiger partial charge in [0, 0.05) is 6.42 Å². The third kappa shape index (κ3) is 3.12. The van der Waals surface area contributed by atoms with Crippen LogP contribution in [0.25, 0.3) is 0 Å². The number of unbranched alkanes of at least 4 members (excludes halogenated alkanes) is 1. The lowest BCUT2D eigenvalue weighted by molar-refractivity contribution is 0.201. The van der Waals surface area contributed by atoms with Gasteiger partial charge in [0.2, 0.25) is 0 Å². The van der Waals surface area contributed by atoms with E-state index in [-0.39, 0.29) is 0 Å². The summed E-state index contributed by atoms with van der Waals surface area (Å²) in [6.45, 7) is 5.23. The number of allylic oxidation sites excluding steroid dienone is 3. The molecule has 0 aromatic heterocycles. The molecule has 0 amide bonds. The van der Waals surface area contributed by atoms with Gasteiger partial charge in [-0.3, -0.25) is 0 Å². The molecule has 1 aliphatic rings. The molecule has 0 saturated heterocycles. The van der Waals surface area contributed by atoms with Gasteiger partial charge in [-0.05, 0) is 25.8 Å². The van der Waals surface area contributed by atoms with Crippen LogP contribution < -0.4 is 0 Å². The maximum Gasteiger partial charge on any atom is 0.0960 e. The predicted octanol–water partition coefficient (Wildman–Crippen LogP) is 3.43. The van der Waals surface area contributed by atoms with Gasteiger partial charge in [-0.15, -0.1) is 0 Å². The molecule has 1 nitrogen and oxygen atoms in total. The molecule has 0 radical (unpaired) electrons. The van der Waals surface area contributed by atoms with Crippen LogP contribution in [0.4, 0.5) is 0 Å². The SMILES string of the molecule is CCCCOC1=CCC(C)=CC1. The average molecular weight is 166 g/mol. The van der Waals surface area contributed by atoms with E-state index in [0.29, 0.717) is 0 Å². The van der Waals surface area contributed by atoms with Gasteiger partial charge < -0.3 is 4.74 Å². The second-order valence-corrected chi connectivity index (χ2v) is 3.33. The maximum atomic E-state index is 5.59. The molecular weight excluding hydrogens is 148 g/mol. The van der Waals surface area contributed by atoms with Crippen molar-refractivity contribution in [3.63, 3.8) is 0 Å². The van der Waals surface area contributed by atoms with Gasteiger partial charge in [0.15, 0.2) is 0 Å². The predicted molar refractivity (Wildman–Crippen MR) is 51.9 cm³/mol. The topological polar surface area (TPSA) is 9.23 Å². The minimum absolute atomic E-state index is 0.884. The molecule has 1 heteroatoms. The van der Waals surface area contributed by atoms with Crippen LogP contribution in [0, 0.1) is 0 Å². The number of hydrogen-bond acceptors (Lipinski definition) is 1. The molecule has 0 unspecified atom stereocenters. The Balaban J connectivity index is 2.18. The van der Waals surface area contributed by atoms with Crippen LogP contribution in [0.3, 0.4) is 0 Å². The highest BCUT2D eigenvalue weighted by Crippen LogP contribution is 2.17. The summed E-state index contributed by atoms with van der Waals surface area (Å²) in [5, 5.41) is 0. The van der Waals surface area contributed by atoms with E-state index in [1.54, 1.807) is 0 Å². The molecule has 1 aliphatic carbocycles. The van der Waals surface area contributed by atoms with Crippen molar-refractivity contribution >= 4 is 0 Å². The van der Waals surface area contributed by atoms with Gasteiger partial charge in [0.05, 0.1) is 12.4 Å². The van der Waals surface area contributed by atoms with Crippen molar-refractivity contribution in [2.45, 2.75) is 39.5 Å². The molecule has 0 fully saturated rings. The second-order valence-electron chi connectivity index (χ2n) is 3.33. The number of ether oxygens (including phenoxy) is 1. The monoisotopic (exact) mass is 166 g/mol. The first-order valence-corrected chi connectivity index (χ1v) is 4.80. The Kier molecular flexibility index (Phi) is 3.92. The van der Waals surface area contributed by atoms with Crippen LogP contribution in [0.1, 0.15) is 39.5 Å². The van der Waals surface area contributed by atoms with Crippen molar-refractivity contribution in [3.8, 4) is 0 Å². The molecule has 0 spiro atoms. The Bertz CT molecular complexity index is 189. The molecule has 68 valence electrons. The lowest BCUT2D eigenvalue weighted by Crippen LogP contribution is -1.97. The zero-order chi connectivity index (χ0) is 8.81. The van der Waals surface area contributed by atoms with Gasteiger partial charge in [0.25, 0.3) is 0 Å². The molecular formula is C11H18O. The Morgan fingerprint density at radius 2 is 2.17 bits per heavy atom.